The van der Waals surface area contributed by atoms with Gasteiger partial charge in [0, 0.05) is 0 Å². The summed E-state index contributed by atoms with van der Waals surface area (Å²) in [5, 5.41) is 17.4. The third-order valence-electron chi connectivity index (χ3n) is 3.91. The van der Waals surface area contributed by atoms with Crippen molar-refractivity contribution in [3.8, 4) is 11.8 Å². The minimum Gasteiger partial charge on any atom is -0.212 e. The van der Waals surface area contributed by atoms with Crippen molar-refractivity contribution < 1.29 is 0 Å². The molecule has 0 radical (unpaired) electrons. The Bertz CT molecular complexity index is 894. The van der Waals surface area contributed by atoms with E-state index in [2.05, 4.69) is 54.5 Å². The summed E-state index contributed by atoms with van der Waals surface area (Å²) in [6.45, 7) is 4.17. The highest BCUT2D eigenvalue weighted by Crippen LogP contribution is 2.17. The fraction of sp³-hybridized carbons (Fsp3) is 0.150. The van der Waals surface area contributed by atoms with Crippen molar-refractivity contribution in [2.75, 3.05) is 0 Å². The molecule has 0 aliphatic heterocycles. The highest BCUT2D eigenvalue weighted by atomic mass is 15.4. The van der Waals surface area contributed by atoms with E-state index in [-0.39, 0.29) is 0 Å². The van der Waals surface area contributed by atoms with E-state index in [9.17, 15) is 5.26 Å². The average Bonchev–Trinajstić information content (AvgIpc) is 3.04. The Morgan fingerprint density at radius 1 is 1.04 bits per heavy atom. The van der Waals surface area contributed by atoms with Gasteiger partial charge in [-0.25, -0.2) is 4.68 Å². The molecule has 0 saturated carbocycles. The van der Waals surface area contributed by atoms with Crippen LogP contribution in [-0.2, 0) is 6.42 Å². The highest BCUT2D eigenvalue weighted by Gasteiger charge is 2.11. The van der Waals surface area contributed by atoms with Gasteiger partial charge < -0.3 is 0 Å². The molecule has 0 N–H and O–H groups in total. The van der Waals surface area contributed by atoms with E-state index in [0.717, 1.165) is 17.7 Å². The SMILES string of the molecule is CCc1ccc(-n2nnc(C#N)c2/C=C/c2ccc(C)cc2)cc1. The first-order valence-corrected chi connectivity index (χ1v) is 7.91. The maximum atomic E-state index is 9.29. The van der Waals surface area contributed by atoms with Gasteiger partial charge in [-0.1, -0.05) is 60.2 Å². The van der Waals surface area contributed by atoms with Gasteiger partial charge in [-0.2, -0.15) is 5.26 Å². The molecule has 0 fully saturated rings. The topological polar surface area (TPSA) is 54.5 Å². The van der Waals surface area contributed by atoms with Crippen molar-refractivity contribution in [3.63, 3.8) is 0 Å². The van der Waals surface area contributed by atoms with E-state index < -0.39 is 0 Å². The van der Waals surface area contributed by atoms with Gasteiger partial charge >= 0.3 is 0 Å². The molecule has 0 aliphatic rings. The number of aryl methyl sites for hydroxylation is 2. The Morgan fingerprint density at radius 2 is 1.75 bits per heavy atom. The summed E-state index contributed by atoms with van der Waals surface area (Å²) < 4.78 is 1.70. The zero-order valence-corrected chi connectivity index (χ0v) is 13.8. The van der Waals surface area contributed by atoms with Crippen LogP contribution in [0.1, 0.15) is 35.0 Å². The van der Waals surface area contributed by atoms with Crippen molar-refractivity contribution >= 4 is 12.2 Å². The van der Waals surface area contributed by atoms with Crippen LogP contribution in [0.3, 0.4) is 0 Å². The van der Waals surface area contributed by atoms with Gasteiger partial charge in [-0.3, -0.25) is 0 Å². The molecule has 0 saturated heterocycles. The van der Waals surface area contributed by atoms with Gasteiger partial charge in [0.1, 0.15) is 11.8 Å². The zero-order valence-electron chi connectivity index (χ0n) is 13.8. The monoisotopic (exact) mass is 314 g/mol. The van der Waals surface area contributed by atoms with Gasteiger partial charge in [0.25, 0.3) is 0 Å². The molecule has 0 amide bonds. The van der Waals surface area contributed by atoms with E-state index in [1.54, 1.807) is 4.68 Å². The molecule has 2 aromatic carbocycles. The lowest BCUT2D eigenvalue weighted by Gasteiger charge is -2.04. The molecule has 0 unspecified atom stereocenters. The third kappa shape index (κ3) is 3.26. The van der Waals surface area contributed by atoms with E-state index in [1.807, 2.05) is 36.4 Å². The number of nitrogens with zero attached hydrogens (tertiary/aromatic N) is 4. The lowest BCUT2D eigenvalue weighted by molar-refractivity contribution is 0.797. The molecular weight excluding hydrogens is 296 g/mol. The molecule has 4 heteroatoms. The maximum Gasteiger partial charge on any atom is 0.190 e. The Kier molecular flexibility index (Phi) is 4.53. The number of benzene rings is 2. The molecule has 0 bridgehead atoms. The second-order valence-corrected chi connectivity index (χ2v) is 5.61. The summed E-state index contributed by atoms with van der Waals surface area (Å²) in [4.78, 5) is 0. The van der Waals surface area contributed by atoms with Crippen LogP contribution in [0.15, 0.2) is 48.5 Å². The van der Waals surface area contributed by atoms with E-state index in [1.165, 1.54) is 11.1 Å². The molecule has 0 aliphatic carbocycles. The number of hydrogen-bond acceptors (Lipinski definition) is 3. The van der Waals surface area contributed by atoms with E-state index in [4.69, 9.17) is 0 Å². The van der Waals surface area contributed by atoms with Crippen LogP contribution in [0.4, 0.5) is 0 Å². The second kappa shape index (κ2) is 6.93. The van der Waals surface area contributed by atoms with Crippen molar-refractivity contribution in [1.82, 2.24) is 15.0 Å². The standard InChI is InChI=1S/C20H18N4/c1-3-16-8-11-18(12-9-16)24-20(19(14-21)22-23-24)13-10-17-6-4-15(2)5-7-17/h4-13H,3H2,1-2H3/b13-10+. The minimum atomic E-state index is 0.318. The summed E-state index contributed by atoms with van der Waals surface area (Å²) in [5.41, 5.74) is 5.44. The van der Waals surface area contributed by atoms with E-state index in [0.29, 0.717) is 11.4 Å². The number of aromatic nitrogens is 3. The smallest absolute Gasteiger partial charge is 0.190 e. The maximum absolute atomic E-state index is 9.29. The lowest BCUT2D eigenvalue weighted by Crippen LogP contribution is -1.99. The van der Waals surface area contributed by atoms with Crippen LogP contribution in [-0.4, -0.2) is 15.0 Å². The number of hydrogen-bond donors (Lipinski definition) is 0. The molecule has 118 valence electrons. The van der Waals surface area contributed by atoms with Crippen molar-refractivity contribution in [2.45, 2.75) is 20.3 Å². The second-order valence-electron chi connectivity index (χ2n) is 5.61. The quantitative estimate of drug-likeness (QED) is 0.726. The van der Waals surface area contributed by atoms with Crippen LogP contribution in [0.25, 0.3) is 17.8 Å². The fourth-order valence-corrected chi connectivity index (χ4v) is 2.43. The Labute approximate surface area is 141 Å². The summed E-state index contributed by atoms with van der Waals surface area (Å²) in [6, 6.07) is 18.4. The largest absolute Gasteiger partial charge is 0.212 e. The Balaban J connectivity index is 1.98. The predicted molar refractivity (Wildman–Crippen MR) is 95.6 cm³/mol. The molecule has 3 aromatic rings. The first kappa shape index (κ1) is 15.7. The van der Waals surface area contributed by atoms with E-state index >= 15 is 0 Å². The average molecular weight is 314 g/mol. The molecule has 3 rings (SSSR count). The molecule has 4 nitrogen and oxygen atoms in total. The van der Waals surface area contributed by atoms with Gasteiger partial charge in [0.2, 0.25) is 0 Å². The van der Waals surface area contributed by atoms with Crippen LogP contribution in [0.2, 0.25) is 0 Å². The van der Waals surface area contributed by atoms with Crippen molar-refractivity contribution in [3.05, 3.63) is 76.6 Å². The fourth-order valence-electron chi connectivity index (χ4n) is 2.43. The zero-order chi connectivity index (χ0) is 16.9. The van der Waals surface area contributed by atoms with Crippen molar-refractivity contribution in [2.24, 2.45) is 0 Å². The molecule has 1 heterocycles. The van der Waals surface area contributed by atoms with Gasteiger partial charge in [-0.05, 0) is 42.7 Å². The molecule has 24 heavy (non-hydrogen) atoms. The normalized spacial score (nSPS) is 10.9. The lowest BCUT2D eigenvalue weighted by atomic mass is 10.1. The molecule has 0 atom stereocenters. The summed E-state index contributed by atoms with van der Waals surface area (Å²) in [5.74, 6) is 0. The Hall–Kier alpha value is -3.19. The molecule has 1 aromatic heterocycles. The Morgan fingerprint density at radius 3 is 2.38 bits per heavy atom. The minimum absolute atomic E-state index is 0.318. The van der Waals surface area contributed by atoms with Crippen LogP contribution < -0.4 is 0 Å². The summed E-state index contributed by atoms with van der Waals surface area (Å²) >= 11 is 0. The highest BCUT2D eigenvalue weighted by molar-refractivity contribution is 5.71. The summed E-state index contributed by atoms with van der Waals surface area (Å²) in [7, 11) is 0. The van der Waals surface area contributed by atoms with Crippen molar-refractivity contribution in [1.29, 1.82) is 5.26 Å². The van der Waals surface area contributed by atoms with Gasteiger partial charge in [-0.15, -0.1) is 5.10 Å². The first-order valence-electron chi connectivity index (χ1n) is 7.91. The van der Waals surface area contributed by atoms with Crippen LogP contribution >= 0.6 is 0 Å². The van der Waals surface area contributed by atoms with Crippen LogP contribution in [0.5, 0.6) is 0 Å². The van der Waals surface area contributed by atoms with Crippen LogP contribution in [0, 0.1) is 18.3 Å². The number of nitriles is 1. The van der Waals surface area contributed by atoms with Gasteiger partial charge in [0.05, 0.1) is 5.69 Å². The summed E-state index contributed by atoms with van der Waals surface area (Å²) in [6.07, 6.45) is 4.84. The number of rotatable bonds is 4. The first-order chi connectivity index (χ1) is 11.7. The molecular formula is C20H18N4. The van der Waals surface area contributed by atoms with Gasteiger partial charge in [0.15, 0.2) is 5.69 Å². The predicted octanol–water partition coefficient (Wildman–Crippen LogP) is 4.18. The molecule has 0 spiro atoms. The third-order valence-corrected chi connectivity index (χ3v) is 3.91.